The number of methoxy groups -OCH3 is 1. The zero-order chi connectivity index (χ0) is 14.6. The van der Waals surface area contributed by atoms with Gasteiger partial charge in [-0.1, -0.05) is 39.0 Å². The van der Waals surface area contributed by atoms with E-state index in [0.29, 0.717) is 5.41 Å². The fourth-order valence-corrected chi connectivity index (χ4v) is 2.21. The molecule has 0 spiro atoms. The quantitative estimate of drug-likeness (QED) is 0.815. The topological polar surface area (TPSA) is 21.3 Å². The van der Waals surface area contributed by atoms with Crippen molar-refractivity contribution in [3.8, 4) is 5.75 Å². The van der Waals surface area contributed by atoms with E-state index < -0.39 is 0 Å². The van der Waals surface area contributed by atoms with Gasteiger partial charge in [0.05, 0.1) is 7.11 Å². The van der Waals surface area contributed by atoms with Crippen LogP contribution in [0.15, 0.2) is 36.4 Å². The van der Waals surface area contributed by atoms with Crippen LogP contribution in [0.3, 0.4) is 0 Å². The summed E-state index contributed by atoms with van der Waals surface area (Å²) in [4.78, 5) is 0. The Kier molecular flexibility index (Phi) is 4.66. The lowest BCUT2D eigenvalue weighted by atomic mass is 9.92. The van der Waals surface area contributed by atoms with Crippen LogP contribution < -0.4 is 10.1 Å². The van der Waals surface area contributed by atoms with Crippen LogP contribution in [0.5, 0.6) is 5.75 Å². The molecule has 0 fully saturated rings. The smallest absolute Gasteiger partial charge is 0.119 e. The Morgan fingerprint density at radius 3 is 2.40 bits per heavy atom. The number of benzene rings is 2. The van der Waals surface area contributed by atoms with Gasteiger partial charge in [0.15, 0.2) is 0 Å². The minimum atomic E-state index is 0.396. The molecule has 2 aromatic rings. The average molecular weight is 271 g/mol. The van der Waals surface area contributed by atoms with Crippen molar-refractivity contribution < 1.29 is 4.74 Å². The summed E-state index contributed by atoms with van der Waals surface area (Å²) in [5.41, 5.74) is 1.73. The molecular formula is C18H25NO. The van der Waals surface area contributed by atoms with Gasteiger partial charge < -0.3 is 10.1 Å². The first-order chi connectivity index (χ1) is 9.48. The van der Waals surface area contributed by atoms with Gasteiger partial charge in [0, 0.05) is 6.54 Å². The van der Waals surface area contributed by atoms with Gasteiger partial charge in [-0.2, -0.15) is 0 Å². The predicted molar refractivity (Wildman–Crippen MR) is 86.3 cm³/mol. The van der Waals surface area contributed by atoms with Crippen LogP contribution in [0.4, 0.5) is 0 Å². The van der Waals surface area contributed by atoms with E-state index in [2.05, 4.69) is 56.4 Å². The lowest BCUT2D eigenvalue weighted by Crippen LogP contribution is -2.20. The van der Waals surface area contributed by atoms with E-state index in [0.717, 1.165) is 18.8 Å². The summed E-state index contributed by atoms with van der Waals surface area (Å²) in [6, 6.07) is 12.8. The third-order valence-corrected chi connectivity index (χ3v) is 3.49. The Morgan fingerprint density at radius 1 is 1.00 bits per heavy atom. The number of ether oxygens (including phenoxy) is 1. The van der Waals surface area contributed by atoms with Crippen molar-refractivity contribution in [3.05, 3.63) is 42.0 Å². The highest BCUT2D eigenvalue weighted by atomic mass is 16.5. The van der Waals surface area contributed by atoms with Crippen molar-refractivity contribution in [2.24, 2.45) is 5.41 Å². The predicted octanol–water partition coefficient (Wildman–Crippen LogP) is 4.37. The molecule has 0 heterocycles. The molecular weight excluding hydrogens is 246 g/mol. The standard InChI is InChI=1S/C18H25NO/c1-18(2,3)9-10-19-13-14-5-6-16-12-17(20-4)8-7-15(16)11-14/h5-8,11-12,19H,9-10,13H2,1-4H3. The lowest BCUT2D eigenvalue weighted by Gasteiger charge is -2.18. The Morgan fingerprint density at radius 2 is 1.70 bits per heavy atom. The molecule has 0 aromatic heterocycles. The third-order valence-electron chi connectivity index (χ3n) is 3.49. The molecule has 0 saturated carbocycles. The van der Waals surface area contributed by atoms with Crippen molar-refractivity contribution >= 4 is 10.8 Å². The minimum absolute atomic E-state index is 0.396. The van der Waals surface area contributed by atoms with Crippen LogP contribution in [-0.4, -0.2) is 13.7 Å². The Balaban J connectivity index is 1.98. The molecule has 0 bridgehead atoms. The van der Waals surface area contributed by atoms with Gasteiger partial charge in [0.2, 0.25) is 0 Å². The molecule has 0 atom stereocenters. The van der Waals surface area contributed by atoms with Crippen LogP contribution in [-0.2, 0) is 6.54 Å². The maximum atomic E-state index is 5.25. The van der Waals surface area contributed by atoms with E-state index in [-0.39, 0.29) is 0 Å². The monoisotopic (exact) mass is 271 g/mol. The molecule has 2 aromatic carbocycles. The number of rotatable bonds is 5. The van der Waals surface area contributed by atoms with Crippen LogP contribution in [0.25, 0.3) is 10.8 Å². The molecule has 0 aliphatic heterocycles. The minimum Gasteiger partial charge on any atom is -0.497 e. The average Bonchev–Trinajstić information content (AvgIpc) is 2.42. The highest BCUT2D eigenvalue weighted by Crippen LogP contribution is 2.22. The van der Waals surface area contributed by atoms with Crippen LogP contribution in [0.2, 0.25) is 0 Å². The second kappa shape index (κ2) is 6.27. The number of hydrogen-bond donors (Lipinski definition) is 1. The van der Waals surface area contributed by atoms with Crippen LogP contribution in [0, 0.1) is 5.41 Å². The van der Waals surface area contributed by atoms with Gasteiger partial charge in [0.25, 0.3) is 0 Å². The van der Waals surface area contributed by atoms with E-state index in [4.69, 9.17) is 4.74 Å². The zero-order valence-corrected chi connectivity index (χ0v) is 13.0. The van der Waals surface area contributed by atoms with E-state index in [1.54, 1.807) is 7.11 Å². The summed E-state index contributed by atoms with van der Waals surface area (Å²) in [7, 11) is 1.70. The third kappa shape index (κ3) is 4.24. The number of hydrogen-bond acceptors (Lipinski definition) is 2. The Hall–Kier alpha value is -1.54. The molecule has 0 aliphatic rings. The molecule has 1 N–H and O–H groups in total. The van der Waals surface area contributed by atoms with E-state index in [9.17, 15) is 0 Å². The van der Waals surface area contributed by atoms with E-state index in [1.807, 2.05) is 6.07 Å². The van der Waals surface area contributed by atoms with Crippen LogP contribution in [0.1, 0.15) is 32.8 Å². The second-order valence-electron chi connectivity index (χ2n) is 6.53. The molecule has 0 saturated heterocycles. The highest BCUT2D eigenvalue weighted by molar-refractivity contribution is 5.84. The molecule has 20 heavy (non-hydrogen) atoms. The molecule has 2 rings (SSSR count). The summed E-state index contributed by atoms with van der Waals surface area (Å²) in [5.74, 6) is 0.911. The van der Waals surface area contributed by atoms with Crippen LogP contribution >= 0.6 is 0 Å². The first-order valence-corrected chi connectivity index (χ1v) is 7.25. The molecule has 2 nitrogen and oxygen atoms in total. The molecule has 0 amide bonds. The highest BCUT2D eigenvalue weighted by Gasteiger charge is 2.08. The normalized spacial score (nSPS) is 11.8. The van der Waals surface area contributed by atoms with Crippen molar-refractivity contribution in [2.45, 2.75) is 33.7 Å². The molecule has 0 aliphatic carbocycles. The van der Waals surface area contributed by atoms with Crippen molar-refractivity contribution in [2.75, 3.05) is 13.7 Å². The summed E-state index contributed by atoms with van der Waals surface area (Å²) >= 11 is 0. The fraction of sp³-hybridized carbons (Fsp3) is 0.444. The molecule has 0 unspecified atom stereocenters. The van der Waals surface area contributed by atoms with Crippen molar-refractivity contribution in [1.29, 1.82) is 0 Å². The second-order valence-corrected chi connectivity index (χ2v) is 6.53. The van der Waals surface area contributed by atoms with Gasteiger partial charge in [-0.25, -0.2) is 0 Å². The molecule has 2 heteroatoms. The SMILES string of the molecule is COc1ccc2cc(CNCCC(C)(C)C)ccc2c1. The fourth-order valence-electron chi connectivity index (χ4n) is 2.21. The van der Waals surface area contributed by atoms with E-state index in [1.165, 1.54) is 22.8 Å². The first-order valence-electron chi connectivity index (χ1n) is 7.25. The summed E-state index contributed by atoms with van der Waals surface area (Å²) in [5, 5.41) is 6.01. The summed E-state index contributed by atoms with van der Waals surface area (Å²) < 4.78 is 5.25. The van der Waals surface area contributed by atoms with Gasteiger partial charge >= 0.3 is 0 Å². The molecule has 0 radical (unpaired) electrons. The largest absolute Gasteiger partial charge is 0.497 e. The summed E-state index contributed by atoms with van der Waals surface area (Å²) in [6.07, 6.45) is 1.19. The maximum Gasteiger partial charge on any atom is 0.119 e. The van der Waals surface area contributed by atoms with E-state index >= 15 is 0 Å². The van der Waals surface area contributed by atoms with Gasteiger partial charge in [0.1, 0.15) is 5.75 Å². The lowest BCUT2D eigenvalue weighted by molar-refractivity contribution is 0.366. The first kappa shape index (κ1) is 14.9. The molecule has 108 valence electrons. The zero-order valence-electron chi connectivity index (χ0n) is 13.0. The number of nitrogens with one attached hydrogen (secondary N) is 1. The van der Waals surface area contributed by atoms with Crippen molar-refractivity contribution in [1.82, 2.24) is 5.32 Å². The number of fused-ring (bicyclic) bond motifs is 1. The maximum absolute atomic E-state index is 5.25. The van der Waals surface area contributed by atoms with Crippen molar-refractivity contribution in [3.63, 3.8) is 0 Å². The summed E-state index contributed by atoms with van der Waals surface area (Å²) in [6.45, 7) is 8.82. The van der Waals surface area contributed by atoms with Gasteiger partial charge in [-0.15, -0.1) is 0 Å². The van der Waals surface area contributed by atoms with Gasteiger partial charge in [-0.3, -0.25) is 0 Å². The Labute approximate surface area is 122 Å². The van der Waals surface area contributed by atoms with Gasteiger partial charge in [-0.05, 0) is 52.9 Å². The Bertz CT molecular complexity index is 569.